The number of amides is 5. The Kier molecular flexibility index (Phi) is 9.19. The van der Waals surface area contributed by atoms with Crippen LogP contribution in [0.1, 0.15) is 33.9 Å². The number of urea groups is 1. The lowest BCUT2D eigenvalue weighted by Gasteiger charge is -2.34. The number of benzene rings is 2. The maximum Gasteiger partial charge on any atom is 0.547 e. The SMILES string of the molecule is NCCCN1CCN(C(=O)NC(C(=O)NC2Cc3ccc(F)c(C(=O)O)c3OB2O)c2c(F)cc(O)c(O)c2F)C(=O)C1=O. The van der Waals surface area contributed by atoms with E-state index in [0.717, 1.165) is 17.0 Å². The van der Waals surface area contributed by atoms with Crippen molar-refractivity contribution in [2.75, 3.05) is 26.2 Å². The summed E-state index contributed by atoms with van der Waals surface area (Å²) in [4.78, 5) is 64.6. The van der Waals surface area contributed by atoms with Gasteiger partial charge in [0.25, 0.3) is 0 Å². The van der Waals surface area contributed by atoms with E-state index in [0.29, 0.717) is 11.3 Å². The van der Waals surface area contributed by atoms with E-state index in [9.17, 15) is 53.1 Å². The second-order valence-electron chi connectivity index (χ2n) is 9.77. The Labute approximate surface area is 246 Å². The van der Waals surface area contributed by atoms with Gasteiger partial charge in [-0.05, 0) is 31.0 Å². The quantitative estimate of drug-likeness (QED) is 0.108. The summed E-state index contributed by atoms with van der Waals surface area (Å²) < 4.78 is 49.2. The molecule has 1 saturated heterocycles. The number of aromatic carboxylic acids is 1. The molecule has 0 spiro atoms. The van der Waals surface area contributed by atoms with Crippen LogP contribution in [0.3, 0.4) is 0 Å². The topological polar surface area (TPSA) is 232 Å². The second kappa shape index (κ2) is 12.7. The third-order valence-electron chi connectivity index (χ3n) is 6.97. The lowest BCUT2D eigenvalue weighted by molar-refractivity contribution is -0.153. The fraction of sp³-hybridized carbons (Fsp3) is 0.320. The summed E-state index contributed by atoms with van der Waals surface area (Å²) in [7, 11) is -2.02. The van der Waals surface area contributed by atoms with Crippen LogP contribution < -0.4 is 21.0 Å². The standard InChI is InChI=1S/C25H25BF3N5O10/c27-11-3-2-10-8-14(26(43)44-20(10)16(11)24(40)41)31-21(37)18(15-12(28)9-13(35)19(36)17(15)29)32-25(42)34-7-6-33(5-1-4-30)22(38)23(34)39/h2-3,9,14,18,35-36,43H,1,4-8,30H2,(H,31,37)(H,32,42)(H,40,41). The van der Waals surface area contributed by atoms with Crippen LogP contribution >= 0.6 is 0 Å². The Morgan fingerprint density at radius 2 is 1.82 bits per heavy atom. The van der Waals surface area contributed by atoms with Gasteiger partial charge in [-0.25, -0.2) is 22.8 Å². The average molecular weight is 623 g/mol. The predicted molar refractivity (Wildman–Crippen MR) is 141 cm³/mol. The normalized spacial score (nSPS) is 17.1. The maximum absolute atomic E-state index is 15.0. The van der Waals surface area contributed by atoms with Crippen molar-refractivity contribution in [1.29, 1.82) is 0 Å². The van der Waals surface area contributed by atoms with Crippen molar-refractivity contribution in [1.82, 2.24) is 20.4 Å². The van der Waals surface area contributed by atoms with Crippen LogP contribution in [-0.4, -0.2) is 99.1 Å². The summed E-state index contributed by atoms with van der Waals surface area (Å²) >= 11 is 0. The van der Waals surface area contributed by atoms with Crippen molar-refractivity contribution in [2.45, 2.75) is 24.8 Å². The molecule has 15 nitrogen and oxygen atoms in total. The minimum atomic E-state index is -2.39. The molecule has 4 rings (SSSR count). The number of fused-ring (bicyclic) bond motifs is 1. The molecule has 5 amide bonds. The number of rotatable bonds is 8. The summed E-state index contributed by atoms with van der Waals surface area (Å²) in [5, 5.41) is 43.4. The van der Waals surface area contributed by atoms with Crippen molar-refractivity contribution >= 4 is 36.8 Å². The molecular weight excluding hydrogens is 598 g/mol. The molecule has 0 saturated carbocycles. The molecule has 1 fully saturated rings. The zero-order valence-electron chi connectivity index (χ0n) is 22.6. The van der Waals surface area contributed by atoms with E-state index in [4.69, 9.17) is 10.4 Å². The summed E-state index contributed by atoms with van der Waals surface area (Å²) in [5.74, 6) is -14.9. The van der Waals surface area contributed by atoms with Crippen LogP contribution in [0.4, 0.5) is 18.0 Å². The Hall–Kier alpha value is -5.04. The third-order valence-corrected chi connectivity index (χ3v) is 6.97. The maximum atomic E-state index is 15.0. The molecule has 8 N–H and O–H groups in total. The number of piperazine rings is 1. The number of imide groups is 1. The molecule has 0 radical (unpaired) electrons. The summed E-state index contributed by atoms with van der Waals surface area (Å²) in [5.41, 5.74) is 3.27. The fourth-order valence-electron chi connectivity index (χ4n) is 4.74. The van der Waals surface area contributed by atoms with Gasteiger partial charge in [0, 0.05) is 25.7 Å². The highest BCUT2D eigenvalue weighted by Gasteiger charge is 2.43. The van der Waals surface area contributed by atoms with Gasteiger partial charge in [-0.1, -0.05) is 6.07 Å². The number of phenols is 2. The highest BCUT2D eigenvalue weighted by molar-refractivity contribution is 6.47. The zero-order valence-corrected chi connectivity index (χ0v) is 22.6. The monoisotopic (exact) mass is 623 g/mol. The molecule has 19 heteroatoms. The van der Waals surface area contributed by atoms with Gasteiger partial charge in [0.1, 0.15) is 29.0 Å². The number of nitrogens with two attached hydrogens (primary N) is 1. The van der Waals surface area contributed by atoms with Gasteiger partial charge >= 0.3 is 30.9 Å². The minimum Gasteiger partial charge on any atom is -0.534 e. The van der Waals surface area contributed by atoms with Gasteiger partial charge < -0.3 is 46.3 Å². The first-order chi connectivity index (χ1) is 20.8. The van der Waals surface area contributed by atoms with Gasteiger partial charge in [-0.3, -0.25) is 19.3 Å². The third kappa shape index (κ3) is 6.04. The molecule has 234 valence electrons. The molecule has 0 aromatic heterocycles. The fourth-order valence-corrected chi connectivity index (χ4v) is 4.74. The number of carboxylic acids is 1. The highest BCUT2D eigenvalue weighted by Crippen LogP contribution is 2.36. The Morgan fingerprint density at radius 1 is 1.11 bits per heavy atom. The number of nitrogens with one attached hydrogen (secondary N) is 2. The molecule has 0 aliphatic carbocycles. The van der Waals surface area contributed by atoms with Crippen LogP contribution in [0.5, 0.6) is 17.2 Å². The first kappa shape index (κ1) is 31.9. The summed E-state index contributed by atoms with van der Waals surface area (Å²) in [6, 6.07) is -1.64. The summed E-state index contributed by atoms with van der Waals surface area (Å²) in [6.07, 6.45) is -0.0167. The molecule has 2 heterocycles. The summed E-state index contributed by atoms with van der Waals surface area (Å²) in [6.45, 7) is -0.128. The first-order valence-corrected chi connectivity index (χ1v) is 13.0. The number of aromatic hydroxyl groups is 2. The van der Waals surface area contributed by atoms with Gasteiger partial charge in [0.15, 0.2) is 17.3 Å². The Balaban J connectivity index is 1.63. The number of carboxylic acid groups (broad SMARTS) is 1. The largest absolute Gasteiger partial charge is 0.547 e. The number of hydrogen-bond acceptors (Lipinski definition) is 10. The van der Waals surface area contributed by atoms with Gasteiger partial charge in [0.2, 0.25) is 5.91 Å². The van der Waals surface area contributed by atoms with Crippen LogP contribution in [0, 0.1) is 17.5 Å². The molecule has 2 aromatic carbocycles. The second-order valence-corrected chi connectivity index (χ2v) is 9.77. The van der Waals surface area contributed by atoms with E-state index >= 15 is 4.39 Å². The van der Waals surface area contributed by atoms with E-state index in [1.165, 1.54) is 0 Å². The number of halogens is 3. The number of hydrogen-bond donors (Lipinski definition) is 7. The highest BCUT2D eigenvalue weighted by atomic mass is 19.1. The number of phenolic OH excluding ortho intramolecular Hbond substituents is 2. The predicted octanol–water partition coefficient (Wildman–Crippen LogP) is -0.877. The molecular formula is C25H25BF3N5O10. The van der Waals surface area contributed by atoms with Crippen LogP contribution in [0.15, 0.2) is 18.2 Å². The minimum absolute atomic E-state index is 0.0243. The number of carbonyl (C=O) groups excluding carboxylic acids is 4. The van der Waals surface area contributed by atoms with Crippen molar-refractivity contribution in [3.8, 4) is 17.2 Å². The lowest BCUT2D eigenvalue weighted by Crippen LogP contribution is -2.60. The number of carbonyl (C=O) groups is 5. The van der Waals surface area contributed by atoms with Crippen molar-refractivity contribution in [3.63, 3.8) is 0 Å². The molecule has 2 aliphatic rings. The molecule has 44 heavy (non-hydrogen) atoms. The van der Waals surface area contributed by atoms with E-state index in [2.05, 4.69) is 5.32 Å². The lowest BCUT2D eigenvalue weighted by atomic mass is 9.72. The van der Waals surface area contributed by atoms with Crippen LogP contribution in [0.25, 0.3) is 0 Å². The smallest absolute Gasteiger partial charge is 0.534 e. The number of nitrogens with zero attached hydrogens (tertiary/aromatic N) is 2. The van der Waals surface area contributed by atoms with Crippen LogP contribution in [-0.2, 0) is 20.8 Å². The Morgan fingerprint density at radius 3 is 2.48 bits per heavy atom. The van der Waals surface area contributed by atoms with E-state index < -0.39 is 94.7 Å². The molecule has 2 unspecified atom stereocenters. The van der Waals surface area contributed by atoms with E-state index in [1.807, 2.05) is 5.32 Å². The van der Waals surface area contributed by atoms with Crippen LogP contribution in [0.2, 0.25) is 0 Å². The average Bonchev–Trinajstić information content (AvgIpc) is 2.96. The van der Waals surface area contributed by atoms with Crippen molar-refractivity contribution < 1.29 is 62.1 Å². The van der Waals surface area contributed by atoms with Gasteiger partial charge in [-0.2, -0.15) is 0 Å². The van der Waals surface area contributed by atoms with E-state index in [1.54, 1.807) is 0 Å². The first-order valence-electron chi connectivity index (χ1n) is 13.0. The van der Waals surface area contributed by atoms with Gasteiger partial charge in [0.05, 0.1) is 11.5 Å². The molecule has 2 atom stereocenters. The zero-order chi connectivity index (χ0) is 32.5. The van der Waals surface area contributed by atoms with Crippen molar-refractivity contribution in [3.05, 3.63) is 52.3 Å². The molecule has 2 aliphatic heterocycles. The molecule has 2 aromatic rings. The molecule has 0 bridgehead atoms. The van der Waals surface area contributed by atoms with E-state index in [-0.39, 0.29) is 44.2 Å². The van der Waals surface area contributed by atoms with Gasteiger partial charge in [-0.15, -0.1) is 0 Å². The van der Waals surface area contributed by atoms with Crippen molar-refractivity contribution in [2.24, 2.45) is 5.73 Å². The Bertz CT molecular complexity index is 1550.